The molecule has 6 heteroatoms. The smallest absolute Gasteiger partial charge is 0.337 e. The van der Waals surface area contributed by atoms with Gasteiger partial charge >= 0.3 is 5.97 Å². The lowest BCUT2D eigenvalue weighted by molar-refractivity contribution is -0.153. The third-order valence-corrected chi connectivity index (χ3v) is 3.88. The molecule has 0 aliphatic rings. The number of esters is 1. The van der Waals surface area contributed by atoms with E-state index in [1.807, 2.05) is 48.5 Å². The molecule has 25 heavy (non-hydrogen) atoms. The minimum absolute atomic E-state index is 0.467. The Morgan fingerprint density at radius 2 is 1.60 bits per heavy atom. The van der Waals surface area contributed by atoms with E-state index in [0.29, 0.717) is 5.75 Å². The normalized spacial score (nSPS) is 12.8. The number of hydrogen-bond acceptors (Lipinski definition) is 6. The van der Waals surface area contributed by atoms with E-state index in [4.69, 9.17) is 18.9 Å². The Hall–Kier alpha value is -2.73. The standard InChI is InChI=1S/C19H23NO5/c1-22-14-11-9-13(10-12-14)17(18(24-3)19(21)25-4)20-15-7-5-6-8-16(15)23-2/h5-12,17-18,20H,1-4H3/t17-,18-/m1/s1. The highest BCUT2D eigenvalue weighted by atomic mass is 16.6. The first kappa shape index (κ1) is 18.6. The second-order valence-electron chi connectivity index (χ2n) is 5.27. The number of nitrogens with one attached hydrogen (secondary N) is 1. The van der Waals surface area contributed by atoms with Crippen LogP contribution in [0.3, 0.4) is 0 Å². The van der Waals surface area contributed by atoms with Gasteiger partial charge in [-0.05, 0) is 29.8 Å². The zero-order valence-electron chi connectivity index (χ0n) is 14.8. The molecule has 2 atom stereocenters. The lowest BCUT2D eigenvalue weighted by Gasteiger charge is -2.27. The predicted molar refractivity (Wildman–Crippen MR) is 95.2 cm³/mol. The monoisotopic (exact) mass is 345 g/mol. The summed E-state index contributed by atoms with van der Waals surface area (Å²) in [5, 5.41) is 3.33. The Morgan fingerprint density at radius 3 is 2.16 bits per heavy atom. The number of anilines is 1. The first-order valence-electron chi connectivity index (χ1n) is 7.78. The number of methoxy groups -OCH3 is 4. The van der Waals surface area contributed by atoms with Crippen molar-refractivity contribution < 1.29 is 23.7 Å². The van der Waals surface area contributed by atoms with Crippen molar-refractivity contribution in [3.63, 3.8) is 0 Å². The number of para-hydroxylation sites is 2. The first-order chi connectivity index (χ1) is 12.1. The van der Waals surface area contributed by atoms with E-state index in [0.717, 1.165) is 17.0 Å². The number of ether oxygens (including phenoxy) is 4. The fourth-order valence-corrected chi connectivity index (χ4v) is 2.56. The summed E-state index contributed by atoms with van der Waals surface area (Å²) in [6.07, 6.45) is -0.830. The average molecular weight is 345 g/mol. The van der Waals surface area contributed by atoms with Crippen LogP contribution in [0.1, 0.15) is 11.6 Å². The van der Waals surface area contributed by atoms with Crippen LogP contribution in [0.15, 0.2) is 48.5 Å². The Morgan fingerprint density at radius 1 is 0.920 bits per heavy atom. The van der Waals surface area contributed by atoms with Gasteiger partial charge in [0, 0.05) is 7.11 Å². The highest BCUT2D eigenvalue weighted by Crippen LogP contribution is 2.31. The summed E-state index contributed by atoms with van der Waals surface area (Å²) in [7, 11) is 6.01. The second kappa shape index (κ2) is 8.94. The highest BCUT2D eigenvalue weighted by molar-refractivity contribution is 5.77. The van der Waals surface area contributed by atoms with Crippen LogP contribution in [-0.2, 0) is 14.3 Å². The van der Waals surface area contributed by atoms with Crippen LogP contribution < -0.4 is 14.8 Å². The first-order valence-corrected chi connectivity index (χ1v) is 7.78. The minimum Gasteiger partial charge on any atom is -0.497 e. The third kappa shape index (κ3) is 4.42. The second-order valence-corrected chi connectivity index (χ2v) is 5.27. The van der Waals surface area contributed by atoms with E-state index >= 15 is 0 Å². The van der Waals surface area contributed by atoms with Crippen LogP contribution in [0.2, 0.25) is 0 Å². The predicted octanol–water partition coefficient (Wildman–Crippen LogP) is 3.05. The molecular formula is C19H23NO5. The van der Waals surface area contributed by atoms with E-state index in [1.54, 1.807) is 14.2 Å². The molecule has 0 aliphatic heterocycles. The summed E-state index contributed by atoms with van der Waals surface area (Å²) in [5.41, 5.74) is 1.60. The Labute approximate surface area is 147 Å². The number of carbonyl (C=O) groups is 1. The molecule has 0 unspecified atom stereocenters. The van der Waals surface area contributed by atoms with Gasteiger partial charge in [0.1, 0.15) is 11.5 Å². The summed E-state index contributed by atoms with van der Waals surface area (Å²) in [6, 6.07) is 14.4. The van der Waals surface area contributed by atoms with Gasteiger partial charge in [0.15, 0.2) is 6.10 Å². The van der Waals surface area contributed by atoms with Gasteiger partial charge in [0.25, 0.3) is 0 Å². The SMILES string of the molecule is COC(=O)[C@H](OC)[C@H](Nc1ccccc1OC)c1ccc(OC)cc1. The van der Waals surface area contributed by atoms with Crippen molar-refractivity contribution in [1.29, 1.82) is 0 Å². The zero-order chi connectivity index (χ0) is 18.2. The highest BCUT2D eigenvalue weighted by Gasteiger charge is 2.31. The third-order valence-electron chi connectivity index (χ3n) is 3.88. The van der Waals surface area contributed by atoms with Crippen molar-refractivity contribution >= 4 is 11.7 Å². The number of hydrogen-bond donors (Lipinski definition) is 1. The van der Waals surface area contributed by atoms with Crippen LogP contribution >= 0.6 is 0 Å². The molecule has 2 aromatic carbocycles. The summed E-state index contributed by atoms with van der Waals surface area (Å²) in [6.45, 7) is 0. The van der Waals surface area contributed by atoms with Crippen LogP contribution in [0.5, 0.6) is 11.5 Å². The Kier molecular flexibility index (Phi) is 6.65. The molecule has 2 rings (SSSR count). The average Bonchev–Trinajstić information content (AvgIpc) is 2.67. The van der Waals surface area contributed by atoms with Crippen LogP contribution in [-0.4, -0.2) is 40.5 Å². The summed E-state index contributed by atoms with van der Waals surface area (Å²) < 4.78 is 20.9. The lowest BCUT2D eigenvalue weighted by Crippen LogP contribution is -2.35. The van der Waals surface area contributed by atoms with Crippen LogP contribution in [0, 0.1) is 0 Å². The van der Waals surface area contributed by atoms with Crippen LogP contribution in [0.25, 0.3) is 0 Å². The van der Waals surface area contributed by atoms with Crippen molar-refractivity contribution in [1.82, 2.24) is 0 Å². The molecule has 1 N–H and O–H groups in total. The van der Waals surface area contributed by atoms with E-state index in [1.165, 1.54) is 14.2 Å². The minimum atomic E-state index is -0.830. The molecular weight excluding hydrogens is 322 g/mol. The Bertz CT molecular complexity index is 686. The van der Waals surface area contributed by atoms with E-state index in [-0.39, 0.29) is 0 Å². The molecule has 0 bridgehead atoms. The molecule has 2 aromatic rings. The molecule has 134 valence electrons. The van der Waals surface area contributed by atoms with E-state index < -0.39 is 18.1 Å². The van der Waals surface area contributed by atoms with Gasteiger partial charge in [-0.15, -0.1) is 0 Å². The summed E-state index contributed by atoms with van der Waals surface area (Å²) in [5.74, 6) is 0.929. The topological polar surface area (TPSA) is 66.0 Å². The van der Waals surface area contributed by atoms with Gasteiger partial charge in [-0.2, -0.15) is 0 Å². The maximum absolute atomic E-state index is 12.2. The lowest BCUT2D eigenvalue weighted by atomic mass is 10.00. The van der Waals surface area contributed by atoms with Crippen molar-refractivity contribution in [2.24, 2.45) is 0 Å². The number of benzene rings is 2. The van der Waals surface area contributed by atoms with Gasteiger partial charge in [0.05, 0.1) is 33.1 Å². The molecule has 0 radical (unpaired) electrons. The maximum atomic E-state index is 12.2. The molecule has 0 saturated carbocycles. The number of rotatable bonds is 8. The fourth-order valence-electron chi connectivity index (χ4n) is 2.56. The van der Waals surface area contributed by atoms with Crippen molar-refractivity contribution in [2.45, 2.75) is 12.1 Å². The van der Waals surface area contributed by atoms with E-state index in [2.05, 4.69) is 5.32 Å². The quantitative estimate of drug-likeness (QED) is 0.742. The van der Waals surface area contributed by atoms with Gasteiger partial charge in [-0.3, -0.25) is 0 Å². The molecule has 0 heterocycles. The molecule has 0 amide bonds. The van der Waals surface area contributed by atoms with Crippen LogP contribution in [0.4, 0.5) is 5.69 Å². The van der Waals surface area contributed by atoms with Crippen molar-refractivity contribution in [3.05, 3.63) is 54.1 Å². The largest absolute Gasteiger partial charge is 0.497 e. The summed E-state index contributed by atoms with van der Waals surface area (Å²) in [4.78, 5) is 12.2. The molecule has 0 spiro atoms. The van der Waals surface area contributed by atoms with Gasteiger partial charge in [0.2, 0.25) is 0 Å². The fraction of sp³-hybridized carbons (Fsp3) is 0.316. The van der Waals surface area contributed by atoms with Crippen molar-refractivity contribution in [3.8, 4) is 11.5 Å². The van der Waals surface area contributed by atoms with E-state index in [9.17, 15) is 4.79 Å². The van der Waals surface area contributed by atoms with Gasteiger partial charge < -0.3 is 24.3 Å². The van der Waals surface area contributed by atoms with Crippen molar-refractivity contribution in [2.75, 3.05) is 33.8 Å². The maximum Gasteiger partial charge on any atom is 0.337 e. The van der Waals surface area contributed by atoms with Gasteiger partial charge in [-0.25, -0.2) is 4.79 Å². The molecule has 0 aromatic heterocycles. The molecule has 0 fully saturated rings. The molecule has 0 saturated heterocycles. The summed E-state index contributed by atoms with van der Waals surface area (Å²) >= 11 is 0. The molecule has 6 nitrogen and oxygen atoms in total. The molecule has 0 aliphatic carbocycles. The van der Waals surface area contributed by atoms with Gasteiger partial charge in [-0.1, -0.05) is 24.3 Å². The Balaban J connectivity index is 2.41. The number of carbonyl (C=O) groups excluding carboxylic acids is 1. The zero-order valence-corrected chi connectivity index (χ0v) is 14.8.